The molecule has 0 aliphatic carbocycles. The van der Waals surface area contributed by atoms with E-state index in [-0.39, 0.29) is 24.5 Å². The SMILES string of the molecule is Cc1ccccc1CNC(=O)CCC(=O)c1ccccc1. The van der Waals surface area contributed by atoms with Crippen molar-refractivity contribution in [3.05, 3.63) is 71.3 Å². The molecule has 0 aliphatic heterocycles. The third kappa shape index (κ3) is 4.56. The van der Waals surface area contributed by atoms with Crippen molar-refractivity contribution in [2.45, 2.75) is 26.3 Å². The van der Waals surface area contributed by atoms with E-state index in [0.717, 1.165) is 11.1 Å². The average molecular weight is 281 g/mol. The lowest BCUT2D eigenvalue weighted by Gasteiger charge is -2.07. The minimum absolute atomic E-state index is 0.00152. The summed E-state index contributed by atoms with van der Waals surface area (Å²) in [6.07, 6.45) is 0.462. The highest BCUT2D eigenvalue weighted by Crippen LogP contribution is 2.07. The first-order valence-corrected chi connectivity index (χ1v) is 7.06. The molecule has 21 heavy (non-hydrogen) atoms. The van der Waals surface area contributed by atoms with Crippen molar-refractivity contribution in [1.82, 2.24) is 5.32 Å². The second kappa shape index (κ2) is 7.39. The molecule has 0 atom stereocenters. The van der Waals surface area contributed by atoms with Gasteiger partial charge in [-0.1, -0.05) is 54.6 Å². The number of hydrogen-bond donors (Lipinski definition) is 1. The molecule has 0 radical (unpaired) electrons. The van der Waals surface area contributed by atoms with Crippen molar-refractivity contribution in [1.29, 1.82) is 0 Å². The van der Waals surface area contributed by atoms with Crippen molar-refractivity contribution in [2.75, 3.05) is 0 Å². The lowest BCUT2D eigenvalue weighted by molar-refractivity contribution is -0.121. The summed E-state index contributed by atoms with van der Waals surface area (Å²) in [5.41, 5.74) is 2.91. The molecule has 0 unspecified atom stereocenters. The standard InChI is InChI=1S/C18H19NO2/c1-14-7-5-6-10-16(14)13-19-18(21)12-11-17(20)15-8-3-2-4-9-15/h2-10H,11-13H2,1H3,(H,19,21). The molecule has 2 aromatic carbocycles. The maximum atomic E-state index is 11.9. The van der Waals surface area contributed by atoms with Crippen LogP contribution >= 0.6 is 0 Å². The Morgan fingerprint density at radius 1 is 0.905 bits per heavy atom. The van der Waals surface area contributed by atoms with E-state index >= 15 is 0 Å². The van der Waals surface area contributed by atoms with E-state index in [2.05, 4.69) is 5.32 Å². The van der Waals surface area contributed by atoms with Crippen LogP contribution in [-0.2, 0) is 11.3 Å². The molecule has 0 aliphatic rings. The molecule has 2 aromatic rings. The van der Waals surface area contributed by atoms with E-state index in [1.165, 1.54) is 0 Å². The number of hydrogen-bond acceptors (Lipinski definition) is 2. The quantitative estimate of drug-likeness (QED) is 0.826. The normalized spacial score (nSPS) is 10.1. The van der Waals surface area contributed by atoms with Crippen LogP contribution in [0.25, 0.3) is 0 Å². The Balaban J connectivity index is 1.78. The van der Waals surface area contributed by atoms with Gasteiger partial charge in [0.25, 0.3) is 0 Å². The summed E-state index contributed by atoms with van der Waals surface area (Å²) in [6, 6.07) is 17.0. The van der Waals surface area contributed by atoms with Gasteiger partial charge in [0.1, 0.15) is 0 Å². The Labute approximate surface area is 125 Å². The van der Waals surface area contributed by atoms with Crippen LogP contribution < -0.4 is 5.32 Å². The van der Waals surface area contributed by atoms with Gasteiger partial charge in [0.2, 0.25) is 5.91 Å². The van der Waals surface area contributed by atoms with Crippen LogP contribution in [0, 0.1) is 6.92 Å². The zero-order valence-electron chi connectivity index (χ0n) is 12.1. The zero-order valence-corrected chi connectivity index (χ0v) is 12.1. The number of amides is 1. The molecule has 0 saturated carbocycles. The summed E-state index contributed by atoms with van der Waals surface area (Å²) in [7, 11) is 0. The monoisotopic (exact) mass is 281 g/mol. The van der Waals surface area contributed by atoms with Gasteiger partial charge in [0.15, 0.2) is 5.78 Å². The Morgan fingerprint density at radius 3 is 2.29 bits per heavy atom. The van der Waals surface area contributed by atoms with Crippen LogP contribution in [0.3, 0.4) is 0 Å². The maximum absolute atomic E-state index is 11.9. The number of carbonyl (C=O) groups excluding carboxylic acids is 2. The molecule has 1 N–H and O–H groups in total. The van der Waals surface area contributed by atoms with Crippen molar-refractivity contribution in [2.24, 2.45) is 0 Å². The van der Waals surface area contributed by atoms with Crippen LogP contribution in [0.2, 0.25) is 0 Å². The summed E-state index contributed by atoms with van der Waals surface area (Å²) in [5, 5.41) is 2.86. The Hall–Kier alpha value is -2.42. The van der Waals surface area contributed by atoms with E-state index in [1.807, 2.05) is 49.4 Å². The van der Waals surface area contributed by atoms with E-state index in [0.29, 0.717) is 12.1 Å². The zero-order chi connectivity index (χ0) is 15.1. The Morgan fingerprint density at radius 2 is 1.57 bits per heavy atom. The van der Waals surface area contributed by atoms with Crippen molar-refractivity contribution >= 4 is 11.7 Å². The third-order valence-corrected chi connectivity index (χ3v) is 3.41. The highest BCUT2D eigenvalue weighted by atomic mass is 16.2. The molecule has 0 saturated heterocycles. The lowest BCUT2D eigenvalue weighted by Crippen LogP contribution is -2.23. The number of rotatable bonds is 6. The maximum Gasteiger partial charge on any atom is 0.220 e. The molecule has 2 rings (SSSR count). The van der Waals surface area contributed by atoms with Crippen LogP contribution in [0.5, 0.6) is 0 Å². The predicted octanol–water partition coefficient (Wildman–Crippen LogP) is 3.27. The van der Waals surface area contributed by atoms with Gasteiger partial charge in [-0.2, -0.15) is 0 Å². The molecule has 0 spiro atoms. The van der Waals surface area contributed by atoms with Crippen molar-refractivity contribution in [3.8, 4) is 0 Å². The summed E-state index contributed by atoms with van der Waals surface area (Å²) >= 11 is 0. The van der Waals surface area contributed by atoms with Gasteiger partial charge in [-0.3, -0.25) is 9.59 Å². The minimum Gasteiger partial charge on any atom is -0.352 e. The lowest BCUT2D eigenvalue weighted by atomic mass is 10.1. The fraction of sp³-hybridized carbons (Fsp3) is 0.222. The van der Waals surface area contributed by atoms with E-state index in [9.17, 15) is 9.59 Å². The number of Topliss-reactive ketones (excluding diaryl/α,β-unsaturated/α-hetero) is 1. The van der Waals surface area contributed by atoms with Crippen molar-refractivity contribution < 1.29 is 9.59 Å². The first kappa shape index (κ1) is 15.0. The van der Waals surface area contributed by atoms with Gasteiger partial charge in [0.05, 0.1) is 0 Å². The number of benzene rings is 2. The van der Waals surface area contributed by atoms with Gasteiger partial charge in [-0.25, -0.2) is 0 Å². The van der Waals surface area contributed by atoms with Gasteiger partial charge in [-0.15, -0.1) is 0 Å². The molecule has 0 bridgehead atoms. The van der Waals surface area contributed by atoms with Gasteiger partial charge < -0.3 is 5.32 Å². The fourth-order valence-corrected chi connectivity index (χ4v) is 2.09. The molecule has 1 amide bonds. The van der Waals surface area contributed by atoms with Crippen LogP contribution in [0.15, 0.2) is 54.6 Å². The summed E-state index contributed by atoms with van der Waals surface area (Å²) in [6.45, 7) is 2.52. The molecular formula is C18H19NO2. The molecule has 108 valence electrons. The second-order valence-electron chi connectivity index (χ2n) is 4.99. The van der Waals surface area contributed by atoms with E-state index < -0.39 is 0 Å². The summed E-state index contributed by atoms with van der Waals surface area (Å²) < 4.78 is 0. The number of carbonyl (C=O) groups is 2. The molecule has 0 heterocycles. The smallest absolute Gasteiger partial charge is 0.220 e. The highest BCUT2D eigenvalue weighted by Gasteiger charge is 2.09. The Bertz CT molecular complexity index is 620. The van der Waals surface area contributed by atoms with Crippen LogP contribution in [0.4, 0.5) is 0 Å². The number of ketones is 1. The third-order valence-electron chi connectivity index (χ3n) is 3.41. The van der Waals surface area contributed by atoms with E-state index in [1.54, 1.807) is 12.1 Å². The van der Waals surface area contributed by atoms with Gasteiger partial charge in [0, 0.05) is 24.9 Å². The fourth-order valence-electron chi connectivity index (χ4n) is 2.09. The molecule has 0 fully saturated rings. The first-order valence-electron chi connectivity index (χ1n) is 7.06. The number of nitrogens with one attached hydrogen (secondary N) is 1. The van der Waals surface area contributed by atoms with Crippen LogP contribution in [0.1, 0.15) is 34.3 Å². The number of aryl methyl sites for hydroxylation is 1. The molecular weight excluding hydrogens is 262 g/mol. The largest absolute Gasteiger partial charge is 0.352 e. The minimum atomic E-state index is -0.0949. The molecule has 0 aromatic heterocycles. The highest BCUT2D eigenvalue weighted by molar-refractivity contribution is 5.97. The van der Waals surface area contributed by atoms with Gasteiger partial charge in [-0.05, 0) is 18.1 Å². The summed E-state index contributed by atoms with van der Waals surface area (Å²) in [4.78, 5) is 23.7. The second-order valence-corrected chi connectivity index (χ2v) is 4.99. The summed E-state index contributed by atoms with van der Waals surface area (Å²) in [5.74, 6) is -0.0934. The average Bonchev–Trinajstić information content (AvgIpc) is 2.52. The van der Waals surface area contributed by atoms with Crippen molar-refractivity contribution in [3.63, 3.8) is 0 Å². The van der Waals surface area contributed by atoms with Crippen LogP contribution in [-0.4, -0.2) is 11.7 Å². The first-order chi connectivity index (χ1) is 10.2. The molecule has 3 heteroatoms. The van der Waals surface area contributed by atoms with Gasteiger partial charge >= 0.3 is 0 Å². The topological polar surface area (TPSA) is 46.2 Å². The Kier molecular flexibility index (Phi) is 5.27. The predicted molar refractivity (Wildman–Crippen MR) is 83.0 cm³/mol. The van der Waals surface area contributed by atoms with E-state index in [4.69, 9.17) is 0 Å². The molecule has 3 nitrogen and oxygen atoms in total.